The lowest BCUT2D eigenvalue weighted by Gasteiger charge is -2.09. The predicted octanol–water partition coefficient (Wildman–Crippen LogP) is 3.27. The highest BCUT2D eigenvalue weighted by Gasteiger charge is 2.07. The van der Waals surface area contributed by atoms with Crippen LogP contribution in [0.2, 0.25) is 0 Å². The number of nitrogens with one attached hydrogen (secondary N) is 3. The van der Waals surface area contributed by atoms with E-state index >= 15 is 0 Å². The van der Waals surface area contributed by atoms with Gasteiger partial charge in [-0.1, -0.05) is 0 Å². The quantitative estimate of drug-likeness (QED) is 0.559. The molecule has 1 heterocycles. The van der Waals surface area contributed by atoms with E-state index in [1.165, 1.54) is 0 Å². The zero-order valence-electron chi connectivity index (χ0n) is 15.4. The Morgan fingerprint density at radius 3 is 2.32 bits per heavy atom. The van der Waals surface area contributed by atoms with Gasteiger partial charge in [-0.15, -0.1) is 0 Å². The van der Waals surface area contributed by atoms with Crippen molar-refractivity contribution < 1.29 is 18.7 Å². The van der Waals surface area contributed by atoms with Gasteiger partial charge in [-0.3, -0.25) is 9.59 Å². The van der Waals surface area contributed by atoms with E-state index in [4.69, 9.17) is 9.15 Å². The summed E-state index contributed by atoms with van der Waals surface area (Å²) in [6.07, 6.45) is 1.56. The van der Waals surface area contributed by atoms with Gasteiger partial charge < -0.3 is 25.1 Å². The van der Waals surface area contributed by atoms with Crippen LogP contribution in [0.5, 0.6) is 5.75 Å². The van der Waals surface area contributed by atoms with Crippen molar-refractivity contribution >= 4 is 23.2 Å². The molecule has 0 saturated heterocycles. The molecule has 1 aromatic heterocycles. The third kappa shape index (κ3) is 5.38. The lowest BCUT2D eigenvalue weighted by molar-refractivity contribution is -0.114. The highest BCUT2D eigenvalue weighted by atomic mass is 16.5. The van der Waals surface area contributed by atoms with E-state index in [2.05, 4.69) is 16.0 Å². The SMILES string of the molecule is COc1ccc(NCC(=O)Nc2ccc(C(=O)NCc3ccco3)cc2)cc1. The summed E-state index contributed by atoms with van der Waals surface area (Å²) in [6, 6.07) is 17.5. The number of anilines is 2. The van der Waals surface area contributed by atoms with Crippen molar-refractivity contribution in [3.63, 3.8) is 0 Å². The molecule has 0 unspecified atom stereocenters. The number of hydrogen-bond acceptors (Lipinski definition) is 5. The second kappa shape index (κ2) is 9.27. The molecule has 0 fully saturated rings. The van der Waals surface area contributed by atoms with E-state index in [0.29, 0.717) is 23.6 Å². The molecule has 2 amide bonds. The second-order valence-corrected chi connectivity index (χ2v) is 5.97. The molecule has 144 valence electrons. The summed E-state index contributed by atoms with van der Waals surface area (Å²) in [5.41, 5.74) is 1.93. The molecule has 0 radical (unpaired) electrons. The van der Waals surface area contributed by atoms with Gasteiger partial charge in [-0.05, 0) is 60.7 Å². The average Bonchev–Trinajstić information content (AvgIpc) is 3.25. The zero-order valence-corrected chi connectivity index (χ0v) is 15.4. The number of benzene rings is 2. The minimum atomic E-state index is -0.213. The molecule has 28 heavy (non-hydrogen) atoms. The highest BCUT2D eigenvalue weighted by molar-refractivity contribution is 5.96. The number of carbonyl (C=O) groups excluding carboxylic acids is 2. The summed E-state index contributed by atoms with van der Waals surface area (Å²) in [5, 5.41) is 8.59. The lowest BCUT2D eigenvalue weighted by Crippen LogP contribution is -2.23. The van der Waals surface area contributed by atoms with Crippen LogP contribution < -0.4 is 20.7 Å². The standard InChI is InChI=1S/C21H21N3O4/c1-27-18-10-8-16(9-11-18)22-14-20(25)24-17-6-4-15(5-7-17)21(26)23-13-19-3-2-12-28-19/h2-12,22H,13-14H2,1H3,(H,23,26)(H,24,25). The Hall–Kier alpha value is -3.74. The molecule has 3 rings (SSSR count). The Bertz CT molecular complexity index is 904. The molecule has 3 aromatic rings. The van der Waals surface area contributed by atoms with Gasteiger partial charge in [-0.2, -0.15) is 0 Å². The third-order valence-corrected chi connectivity index (χ3v) is 3.98. The molecule has 0 spiro atoms. The molecular formula is C21H21N3O4. The number of hydrogen-bond donors (Lipinski definition) is 3. The first-order valence-corrected chi connectivity index (χ1v) is 8.72. The third-order valence-electron chi connectivity index (χ3n) is 3.98. The van der Waals surface area contributed by atoms with Gasteiger partial charge in [0.25, 0.3) is 5.91 Å². The largest absolute Gasteiger partial charge is 0.497 e. The smallest absolute Gasteiger partial charge is 0.251 e. The van der Waals surface area contributed by atoms with Crippen molar-refractivity contribution in [1.82, 2.24) is 5.32 Å². The zero-order chi connectivity index (χ0) is 19.8. The first kappa shape index (κ1) is 19.0. The lowest BCUT2D eigenvalue weighted by atomic mass is 10.2. The number of carbonyl (C=O) groups is 2. The summed E-state index contributed by atoms with van der Waals surface area (Å²) in [7, 11) is 1.60. The number of methoxy groups -OCH3 is 1. The van der Waals surface area contributed by atoms with Crippen molar-refractivity contribution in [2.45, 2.75) is 6.54 Å². The average molecular weight is 379 g/mol. The van der Waals surface area contributed by atoms with Crippen LogP contribution in [-0.2, 0) is 11.3 Å². The van der Waals surface area contributed by atoms with Gasteiger partial charge in [0.2, 0.25) is 5.91 Å². The Kier molecular flexibility index (Phi) is 6.30. The van der Waals surface area contributed by atoms with Crippen LogP contribution in [0.3, 0.4) is 0 Å². The van der Waals surface area contributed by atoms with E-state index in [-0.39, 0.29) is 18.4 Å². The number of furan rings is 1. The monoisotopic (exact) mass is 379 g/mol. The van der Waals surface area contributed by atoms with Gasteiger partial charge >= 0.3 is 0 Å². The van der Waals surface area contributed by atoms with Crippen molar-refractivity contribution in [2.24, 2.45) is 0 Å². The van der Waals surface area contributed by atoms with E-state index in [1.54, 1.807) is 49.8 Å². The van der Waals surface area contributed by atoms with Crippen molar-refractivity contribution in [3.05, 3.63) is 78.3 Å². The molecule has 0 saturated carbocycles. The first-order valence-electron chi connectivity index (χ1n) is 8.72. The molecule has 3 N–H and O–H groups in total. The summed E-state index contributed by atoms with van der Waals surface area (Å²) in [5.74, 6) is 1.03. The molecule has 0 aliphatic carbocycles. The van der Waals surface area contributed by atoms with Crippen molar-refractivity contribution in [1.29, 1.82) is 0 Å². The maximum atomic E-state index is 12.1. The molecular weight excluding hydrogens is 358 g/mol. The van der Waals surface area contributed by atoms with Crippen LogP contribution >= 0.6 is 0 Å². The summed E-state index contributed by atoms with van der Waals surface area (Å²) in [6.45, 7) is 0.444. The van der Waals surface area contributed by atoms with Crippen LogP contribution in [0.1, 0.15) is 16.1 Å². The van der Waals surface area contributed by atoms with Gasteiger partial charge in [0.15, 0.2) is 0 Å². The first-order chi connectivity index (χ1) is 13.6. The number of rotatable bonds is 8. The summed E-state index contributed by atoms with van der Waals surface area (Å²) >= 11 is 0. The summed E-state index contributed by atoms with van der Waals surface area (Å²) in [4.78, 5) is 24.2. The van der Waals surface area contributed by atoms with E-state index < -0.39 is 0 Å². The van der Waals surface area contributed by atoms with Crippen LogP contribution in [0.25, 0.3) is 0 Å². The fraction of sp³-hybridized carbons (Fsp3) is 0.143. The Morgan fingerprint density at radius 2 is 1.68 bits per heavy atom. The van der Waals surface area contributed by atoms with Gasteiger partial charge in [-0.25, -0.2) is 0 Å². The Morgan fingerprint density at radius 1 is 0.964 bits per heavy atom. The Labute approximate surface area is 162 Å². The van der Waals surface area contributed by atoms with E-state index in [0.717, 1.165) is 11.4 Å². The van der Waals surface area contributed by atoms with E-state index in [9.17, 15) is 9.59 Å². The number of amides is 2. The molecule has 7 nitrogen and oxygen atoms in total. The number of ether oxygens (including phenoxy) is 1. The molecule has 7 heteroatoms. The maximum Gasteiger partial charge on any atom is 0.251 e. The Balaban J connectivity index is 1.46. The van der Waals surface area contributed by atoms with Crippen LogP contribution in [0.15, 0.2) is 71.3 Å². The second-order valence-electron chi connectivity index (χ2n) is 5.97. The fourth-order valence-corrected chi connectivity index (χ4v) is 2.48. The van der Waals surface area contributed by atoms with Crippen molar-refractivity contribution in [2.75, 3.05) is 24.3 Å². The van der Waals surface area contributed by atoms with Crippen molar-refractivity contribution in [3.8, 4) is 5.75 Å². The van der Waals surface area contributed by atoms with Crippen LogP contribution in [0, 0.1) is 0 Å². The van der Waals surface area contributed by atoms with Gasteiger partial charge in [0, 0.05) is 16.9 Å². The molecule has 0 bridgehead atoms. The van der Waals surface area contributed by atoms with Crippen LogP contribution in [0.4, 0.5) is 11.4 Å². The fourth-order valence-electron chi connectivity index (χ4n) is 2.48. The highest BCUT2D eigenvalue weighted by Crippen LogP contribution is 2.15. The molecule has 0 aliphatic rings. The molecule has 2 aromatic carbocycles. The van der Waals surface area contributed by atoms with Gasteiger partial charge in [0.1, 0.15) is 11.5 Å². The normalized spacial score (nSPS) is 10.2. The van der Waals surface area contributed by atoms with E-state index in [1.807, 2.05) is 24.3 Å². The molecule has 0 aliphatic heterocycles. The maximum absolute atomic E-state index is 12.1. The summed E-state index contributed by atoms with van der Waals surface area (Å²) < 4.78 is 10.3. The predicted molar refractivity (Wildman–Crippen MR) is 106 cm³/mol. The molecule has 0 atom stereocenters. The topological polar surface area (TPSA) is 92.6 Å². The van der Waals surface area contributed by atoms with Crippen LogP contribution in [-0.4, -0.2) is 25.5 Å². The van der Waals surface area contributed by atoms with Gasteiger partial charge in [0.05, 0.1) is 26.5 Å². The minimum Gasteiger partial charge on any atom is -0.497 e. The minimum absolute atomic E-state index is 0.123.